The fourth-order valence-electron chi connectivity index (χ4n) is 2.83. The summed E-state index contributed by atoms with van der Waals surface area (Å²) in [5.74, 6) is 1.46. The molecule has 1 aliphatic rings. The van der Waals surface area contributed by atoms with E-state index >= 15 is 0 Å². The Bertz CT molecular complexity index is 483. The number of hydrogen-bond donors (Lipinski definition) is 1. The Labute approximate surface area is 144 Å². The van der Waals surface area contributed by atoms with E-state index in [4.69, 9.17) is 4.84 Å². The highest BCUT2D eigenvalue weighted by molar-refractivity contribution is 7.99. The molecular formula is C18H29NO3S. The first-order valence-electron chi connectivity index (χ1n) is 8.40. The number of ketones is 1. The second kappa shape index (κ2) is 10.5. The summed E-state index contributed by atoms with van der Waals surface area (Å²) in [6.07, 6.45) is 6.29. The van der Waals surface area contributed by atoms with Crippen molar-refractivity contribution in [1.29, 1.82) is 0 Å². The summed E-state index contributed by atoms with van der Waals surface area (Å²) in [4.78, 5) is 17.7. The fraction of sp³-hybridized carbons (Fsp3) is 0.667. The van der Waals surface area contributed by atoms with E-state index in [1.807, 2.05) is 37.8 Å². The van der Waals surface area contributed by atoms with E-state index in [-0.39, 0.29) is 17.5 Å². The molecule has 0 saturated carbocycles. The van der Waals surface area contributed by atoms with Crippen LogP contribution in [0.1, 0.15) is 53.4 Å². The molecule has 0 aromatic heterocycles. The van der Waals surface area contributed by atoms with Gasteiger partial charge in [0.05, 0.1) is 11.3 Å². The molecule has 0 spiro atoms. The van der Waals surface area contributed by atoms with Gasteiger partial charge in [-0.15, -0.1) is 0 Å². The maximum Gasteiger partial charge on any atom is 0.168 e. The van der Waals surface area contributed by atoms with Crippen molar-refractivity contribution in [3.05, 3.63) is 23.5 Å². The molecule has 0 saturated heterocycles. The number of allylic oxidation sites excluding steroid dienone is 3. The van der Waals surface area contributed by atoms with Crippen LogP contribution in [0.15, 0.2) is 28.6 Å². The summed E-state index contributed by atoms with van der Waals surface area (Å²) < 4.78 is 0. The van der Waals surface area contributed by atoms with E-state index < -0.39 is 0 Å². The second-order valence-electron chi connectivity index (χ2n) is 5.78. The first-order chi connectivity index (χ1) is 11.0. The fourth-order valence-corrected chi connectivity index (χ4v) is 3.81. The third-order valence-electron chi connectivity index (χ3n) is 3.84. The Morgan fingerprint density at radius 1 is 1.48 bits per heavy atom. The molecule has 130 valence electrons. The predicted molar refractivity (Wildman–Crippen MR) is 98.1 cm³/mol. The van der Waals surface area contributed by atoms with Crippen molar-refractivity contribution in [3.8, 4) is 0 Å². The summed E-state index contributed by atoms with van der Waals surface area (Å²) in [6.45, 7) is 8.52. The minimum Gasteiger partial charge on any atom is -0.511 e. The Morgan fingerprint density at radius 2 is 2.22 bits per heavy atom. The maximum atomic E-state index is 12.5. The lowest BCUT2D eigenvalue weighted by Gasteiger charge is -2.25. The van der Waals surface area contributed by atoms with Crippen LogP contribution >= 0.6 is 11.8 Å². The monoisotopic (exact) mass is 339 g/mol. The third-order valence-corrected chi connectivity index (χ3v) is 4.94. The van der Waals surface area contributed by atoms with Crippen molar-refractivity contribution in [2.75, 3.05) is 12.4 Å². The molecule has 2 unspecified atom stereocenters. The van der Waals surface area contributed by atoms with Crippen LogP contribution in [0.2, 0.25) is 0 Å². The molecule has 1 rings (SSSR count). The van der Waals surface area contributed by atoms with Gasteiger partial charge in [-0.25, -0.2) is 0 Å². The molecule has 0 aromatic carbocycles. The van der Waals surface area contributed by atoms with Crippen molar-refractivity contribution in [3.63, 3.8) is 0 Å². The lowest BCUT2D eigenvalue weighted by molar-refractivity contribution is -0.116. The highest BCUT2D eigenvalue weighted by Gasteiger charge is 2.31. The van der Waals surface area contributed by atoms with Crippen LogP contribution < -0.4 is 0 Å². The Morgan fingerprint density at radius 3 is 2.78 bits per heavy atom. The number of rotatable bonds is 9. The molecule has 1 N–H and O–H groups in total. The van der Waals surface area contributed by atoms with Crippen molar-refractivity contribution < 1.29 is 14.7 Å². The van der Waals surface area contributed by atoms with E-state index in [0.29, 0.717) is 42.4 Å². The van der Waals surface area contributed by atoms with Crippen LogP contribution in [0.4, 0.5) is 0 Å². The highest BCUT2D eigenvalue weighted by Crippen LogP contribution is 2.32. The number of carbonyl (C=O) groups excluding carboxylic acids is 1. The van der Waals surface area contributed by atoms with E-state index in [1.54, 1.807) is 0 Å². The molecular weight excluding hydrogens is 310 g/mol. The van der Waals surface area contributed by atoms with Crippen LogP contribution in [-0.4, -0.2) is 34.2 Å². The molecule has 0 amide bonds. The van der Waals surface area contributed by atoms with Gasteiger partial charge in [-0.3, -0.25) is 4.79 Å². The summed E-state index contributed by atoms with van der Waals surface area (Å²) in [5.41, 5.74) is 0.923. The van der Waals surface area contributed by atoms with Gasteiger partial charge in [0.1, 0.15) is 12.4 Å². The average Bonchev–Trinajstić information content (AvgIpc) is 2.49. The number of Topliss-reactive ketones (excluding diaryl/α,β-unsaturated/α-hetero) is 1. The standard InChI is InChI=1S/C18H29NO3S/c1-5-8-9-22-19-15(6-2)18-16(20)11-14(12-17(18)21)10-13(4)23-7-3/h5,8,13-14,20H,6-7,9-12H2,1-4H3/b8-5+,19-15+. The molecule has 5 heteroatoms. The smallest absolute Gasteiger partial charge is 0.168 e. The number of carbonyl (C=O) groups is 1. The first-order valence-corrected chi connectivity index (χ1v) is 9.45. The van der Waals surface area contributed by atoms with Gasteiger partial charge in [-0.2, -0.15) is 11.8 Å². The molecule has 0 aromatic rings. The van der Waals surface area contributed by atoms with Gasteiger partial charge in [0.25, 0.3) is 0 Å². The zero-order valence-electron chi connectivity index (χ0n) is 14.7. The van der Waals surface area contributed by atoms with Crippen LogP contribution in [0, 0.1) is 5.92 Å². The lowest BCUT2D eigenvalue weighted by atomic mass is 9.82. The first kappa shape index (κ1) is 19.8. The van der Waals surface area contributed by atoms with Crippen molar-refractivity contribution in [2.45, 2.75) is 58.6 Å². The molecule has 0 radical (unpaired) electrons. The highest BCUT2D eigenvalue weighted by atomic mass is 32.2. The van der Waals surface area contributed by atoms with Gasteiger partial charge in [0, 0.05) is 18.1 Å². The number of oxime groups is 1. The van der Waals surface area contributed by atoms with Gasteiger partial charge < -0.3 is 9.94 Å². The molecule has 0 heterocycles. The summed E-state index contributed by atoms with van der Waals surface area (Å²) >= 11 is 1.90. The van der Waals surface area contributed by atoms with Gasteiger partial charge in [0.2, 0.25) is 0 Å². The lowest BCUT2D eigenvalue weighted by Crippen LogP contribution is -2.26. The molecule has 2 atom stereocenters. The summed E-state index contributed by atoms with van der Waals surface area (Å²) in [7, 11) is 0. The maximum absolute atomic E-state index is 12.5. The Kier molecular flexibility index (Phi) is 9.07. The molecule has 4 nitrogen and oxygen atoms in total. The zero-order chi connectivity index (χ0) is 17.2. The number of thioether (sulfide) groups is 1. The number of nitrogens with zero attached hydrogens (tertiary/aromatic N) is 1. The van der Waals surface area contributed by atoms with Crippen molar-refractivity contribution in [2.24, 2.45) is 11.1 Å². The van der Waals surface area contributed by atoms with Crippen LogP contribution in [0.25, 0.3) is 0 Å². The van der Waals surface area contributed by atoms with E-state index in [9.17, 15) is 9.90 Å². The van der Waals surface area contributed by atoms with Gasteiger partial charge in [-0.05, 0) is 37.5 Å². The zero-order valence-corrected chi connectivity index (χ0v) is 15.5. The molecule has 0 fully saturated rings. The van der Waals surface area contributed by atoms with Crippen LogP contribution in [0.3, 0.4) is 0 Å². The largest absolute Gasteiger partial charge is 0.511 e. The van der Waals surface area contributed by atoms with Crippen molar-refractivity contribution in [1.82, 2.24) is 0 Å². The number of aliphatic hydroxyl groups excluding tert-OH is 1. The van der Waals surface area contributed by atoms with Crippen molar-refractivity contribution >= 4 is 23.3 Å². The topological polar surface area (TPSA) is 58.9 Å². The number of aliphatic hydroxyl groups is 1. The van der Waals surface area contributed by atoms with E-state index in [1.165, 1.54) is 0 Å². The Balaban J connectivity index is 2.79. The second-order valence-corrected chi connectivity index (χ2v) is 7.49. The molecule has 0 bridgehead atoms. The molecule has 0 aliphatic heterocycles. The molecule has 1 aliphatic carbocycles. The minimum atomic E-state index is -0.0114. The SMILES string of the molecule is C/C=C/CO/N=C(\CC)C1=C(O)CC(CC(C)SCC)CC1=O. The van der Waals surface area contributed by atoms with Crippen LogP contribution in [0.5, 0.6) is 0 Å². The van der Waals surface area contributed by atoms with Crippen LogP contribution in [-0.2, 0) is 9.63 Å². The van der Waals surface area contributed by atoms with Gasteiger partial charge in [0.15, 0.2) is 5.78 Å². The summed E-state index contributed by atoms with van der Waals surface area (Å²) in [5, 5.41) is 14.9. The number of hydrogen-bond acceptors (Lipinski definition) is 5. The third kappa shape index (κ3) is 6.42. The minimum absolute atomic E-state index is 0.0114. The van der Waals surface area contributed by atoms with Gasteiger partial charge >= 0.3 is 0 Å². The van der Waals surface area contributed by atoms with E-state index in [2.05, 4.69) is 19.0 Å². The van der Waals surface area contributed by atoms with Gasteiger partial charge in [-0.1, -0.05) is 32.0 Å². The average molecular weight is 340 g/mol. The quantitative estimate of drug-likeness (QED) is 0.287. The Hall–Kier alpha value is -1.23. The van der Waals surface area contributed by atoms with E-state index in [0.717, 1.165) is 12.2 Å². The predicted octanol–water partition coefficient (Wildman–Crippen LogP) is 4.67. The normalized spacial score (nSPS) is 21.1. The summed E-state index contributed by atoms with van der Waals surface area (Å²) in [6, 6.07) is 0. The molecule has 23 heavy (non-hydrogen) atoms.